The van der Waals surface area contributed by atoms with Crippen molar-refractivity contribution in [3.05, 3.63) is 64.7 Å². The molecule has 0 radical (unpaired) electrons. The van der Waals surface area contributed by atoms with Crippen molar-refractivity contribution < 1.29 is 14.0 Å². The standard InChI is InChI=1S/C24H23FN6O2S/c25-15-2-8-20-14(11-15)1-3-19(28-20)13-27-16-4-6-17(7-5-16)29-23-26-10-9-18(30-23)12-21-22(32)31-24(33)34-21/h1-3,8-12,16-17,27H,4-7,13H2,(H,26,29,30)(H,31,32,33)/b21-12-. The van der Waals surface area contributed by atoms with Crippen LogP contribution < -0.4 is 16.0 Å². The summed E-state index contributed by atoms with van der Waals surface area (Å²) in [7, 11) is 0. The van der Waals surface area contributed by atoms with E-state index >= 15 is 0 Å². The number of hydrogen-bond acceptors (Lipinski definition) is 8. The summed E-state index contributed by atoms with van der Waals surface area (Å²) in [5.74, 6) is -0.143. The van der Waals surface area contributed by atoms with Crippen molar-refractivity contribution in [1.29, 1.82) is 0 Å². The van der Waals surface area contributed by atoms with Crippen LogP contribution in [0.4, 0.5) is 15.1 Å². The second kappa shape index (κ2) is 9.86. The molecule has 174 valence electrons. The molecule has 1 saturated heterocycles. The van der Waals surface area contributed by atoms with Gasteiger partial charge in [0.2, 0.25) is 5.95 Å². The number of pyridine rings is 1. The van der Waals surface area contributed by atoms with Gasteiger partial charge in [0.05, 0.1) is 21.8 Å². The van der Waals surface area contributed by atoms with E-state index in [4.69, 9.17) is 0 Å². The third-order valence-corrected chi connectivity index (χ3v) is 6.75. The van der Waals surface area contributed by atoms with Crippen LogP contribution in [0.5, 0.6) is 0 Å². The van der Waals surface area contributed by atoms with Crippen LogP contribution >= 0.6 is 11.8 Å². The summed E-state index contributed by atoms with van der Waals surface area (Å²) in [5, 5.41) is 9.64. The maximum Gasteiger partial charge on any atom is 0.290 e. The lowest BCUT2D eigenvalue weighted by atomic mass is 9.91. The van der Waals surface area contributed by atoms with Gasteiger partial charge in [-0.3, -0.25) is 19.9 Å². The Morgan fingerprint density at radius 2 is 1.88 bits per heavy atom. The van der Waals surface area contributed by atoms with Crippen LogP contribution in [0.25, 0.3) is 17.0 Å². The Bertz CT molecular complexity index is 1280. The fourth-order valence-electron chi connectivity index (χ4n) is 4.19. The lowest BCUT2D eigenvalue weighted by Gasteiger charge is -2.29. The van der Waals surface area contributed by atoms with Gasteiger partial charge in [0, 0.05) is 30.2 Å². The first kappa shape index (κ1) is 22.4. The normalized spacial score (nSPS) is 21.7. The van der Waals surface area contributed by atoms with Crippen LogP contribution in [0.3, 0.4) is 0 Å². The minimum atomic E-state index is -0.401. The first-order chi connectivity index (χ1) is 16.5. The SMILES string of the molecule is O=C1NC(=O)/C(=C/c2ccnc(NC3CCC(NCc4ccc5cc(F)ccc5n4)CC3)n2)S1. The van der Waals surface area contributed by atoms with E-state index < -0.39 is 5.91 Å². The largest absolute Gasteiger partial charge is 0.351 e. The molecule has 3 aromatic rings. The van der Waals surface area contributed by atoms with Gasteiger partial charge in [0.15, 0.2) is 0 Å². The summed E-state index contributed by atoms with van der Waals surface area (Å²) in [6.07, 6.45) is 7.21. The van der Waals surface area contributed by atoms with Crippen molar-refractivity contribution in [1.82, 2.24) is 25.6 Å². The Balaban J connectivity index is 1.12. The fraction of sp³-hybridized carbons (Fsp3) is 0.292. The number of halogens is 1. The Labute approximate surface area is 199 Å². The average molecular weight is 479 g/mol. The summed E-state index contributed by atoms with van der Waals surface area (Å²) in [6, 6.07) is 10.8. The number of anilines is 1. The third-order valence-electron chi connectivity index (χ3n) is 5.94. The number of benzene rings is 1. The molecule has 3 N–H and O–H groups in total. The summed E-state index contributed by atoms with van der Waals surface area (Å²) >= 11 is 0.868. The zero-order chi connectivity index (χ0) is 23.5. The Morgan fingerprint density at radius 1 is 1.06 bits per heavy atom. The third kappa shape index (κ3) is 5.40. The predicted molar refractivity (Wildman–Crippen MR) is 129 cm³/mol. The predicted octanol–water partition coefficient (Wildman–Crippen LogP) is 4.00. The van der Waals surface area contributed by atoms with Crippen molar-refractivity contribution in [3.8, 4) is 0 Å². The highest BCUT2D eigenvalue weighted by Crippen LogP contribution is 2.26. The molecule has 2 fully saturated rings. The summed E-state index contributed by atoms with van der Waals surface area (Å²) in [4.78, 5) is 36.8. The van der Waals surface area contributed by atoms with Crippen LogP contribution in [0.1, 0.15) is 37.1 Å². The fourth-order valence-corrected chi connectivity index (χ4v) is 4.86. The molecule has 0 atom stereocenters. The molecule has 8 nitrogen and oxygen atoms in total. The van der Waals surface area contributed by atoms with E-state index in [0.717, 1.165) is 54.0 Å². The number of fused-ring (bicyclic) bond motifs is 1. The molecule has 1 saturated carbocycles. The van der Waals surface area contributed by atoms with E-state index in [9.17, 15) is 14.0 Å². The Morgan fingerprint density at radius 3 is 2.68 bits per heavy atom. The lowest BCUT2D eigenvalue weighted by molar-refractivity contribution is -0.115. The first-order valence-corrected chi connectivity index (χ1v) is 12.0. The molecule has 5 rings (SSSR count). The van der Waals surface area contributed by atoms with E-state index in [2.05, 4.69) is 30.9 Å². The van der Waals surface area contributed by atoms with Crippen LogP contribution in [-0.4, -0.2) is 38.2 Å². The van der Waals surface area contributed by atoms with Gasteiger partial charge in [0.25, 0.3) is 11.1 Å². The Kier molecular flexibility index (Phi) is 6.50. The molecule has 0 unspecified atom stereocenters. The van der Waals surface area contributed by atoms with Gasteiger partial charge in [-0.2, -0.15) is 0 Å². The second-order valence-corrected chi connectivity index (χ2v) is 9.39. The molecular formula is C24H23FN6O2S. The zero-order valence-electron chi connectivity index (χ0n) is 18.3. The molecule has 34 heavy (non-hydrogen) atoms. The number of imide groups is 1. The van der Waals surface area contributed by atoms with Gasteiger partial charge < -0.3 is 10.6 Å². The number of thioether (sulfide) groups is 1. The van der Waals surface area contributed by atoms with E-state index in [-0.39, 0.29) is 17.1 Å². The van der Waals surface area contributed by atoms with Crippen LogP contribution in [0.2, 0.25) is 0 Å². The number of carbonyl (C=O) groups is 2. The maximum absolute atomic E-state index is 13.3. The molecule has 10 heteroatoms. The minimum Gasteiger partial charge on any atom is -0.351 e. The highest BCUT2D eigenvalue weighted by molar-refractivity contribution is 8.18. The summed E-state index contributed by atoms with van der Waals surface area (Å²) in [6.45, 7) is 0.671. The van der Waals surface area contributed by atoms with Crippen molar-refractivity contribution in [2.75, 3.05) is 5.32 Å². The van der Waals surface area contributed by atoms with Gasteiger partial charge in [-0.1, -0.05) is 6.07 Å². The van der Waals surface area contributed by atoms with Crippen LogP contribution in [-0.2, 0) is 11.3 Å². The Hall–Kier alpha value is -3.37. The number of rotatable bonds is 6. The quantitative estimate of drug-likeness (QED) is 0.456. The van der Waals surface area contributed by atoms with E-state index in [1.165, 1.54) is 12.1 Å². The second-order valence-electron chi connectivity index (χ2n) is 8.37. The highest BCUT2D eigenvalue weighted by Gasteiger charge is 2.25. The summed E-state index contributed by atoms with van der Waals surface area (Å²) < 4.78 is 13.3. The van der Waals surface area contributed by atoms with Gasteiger partial charge in [-0.15, -0.1) is 0 Å². The smallest absolute Gasteiger partial charge is 0.290 e. The van der Waals surface area contributed by atoms with Crippen molar-refractivity contribution in [2.45, 2.75) is 44.3 Å². The summed E-state index contributed by atoms with van der Waals surface area (Å²) in [5.41, 5.74) is 2.31. The number of hydrogen-bond donors (Lipinski definition) is 3. The van der Waals surface area contributed by atoms with Gasteiger partial charge in [-0.25, -0.2) is 14.4 Å². The van der Waals surface area contributed by atoms with E-state index in [1.54, 1.807) is 24.4 Å². The molecule has 3 heterocycles. The van der Waals surface area contributed by atoms with Crippen molar-refractivity contribution in [3.63, 3.8) is 0 Å². The topological polar surface area (TPSA) is 109 Å². The number of amides is 2. The lowest BCUT2D eigenvalue weighted by Crippen LogP contribution is -2.37. The molecule has 2 aliphatic rings. The van der Waals surface area contributed by atoms with Crippen LogP contribution in [0, 0.1) is 5.82 Å². The van der Waals surface area contributed by atoms with E-state index in [0.29, 0.717) is 29.1 Å². The molecule has 2 aromatic heterocycles. The molecular weight excluding hydrogens is 455 g/mol. The first-order valence-electron chi connectivity index (χ1n) is 11.1. The van der Waals surface area contributed by atoms with Crippen molar-refractivity contribution in [2.24, 2.45) is 0 Å². The van der Waals surface area contributed by atoms with Gasteiger partial charge in [0.1, 0.15) is 5.82 Å². The molecule has 2 amide bonds. The molecule has 1 aromatic carbocycles. The average Bonchev–Trinajstić information content (AvgIpc) is 3.15. The van der Waals surface area contributed by atoms with Gasteiger partial charge in [-0.05, 0) is 73.9 Å². The van der Waals surface area contributed by atoms with Crippen LogP contribution in [0.15, 0.2) is 47.5 Å². The number of aromatic nitrogens is 3. The zero-order valence-corrected chi connectivity index (χ0v) is 19.1. The van der Waals surface area contributed by atoms with E-state index in [1.807, 2.05) is 12.1 Å². The minimum absolute atomic E-state index is 0.253. The van der Waals surface area contributed by atoms with Gasteiger partial charge >= 0.3 is 0 Å². The molecule has 1 aliphatic heterocycles. The monoisotopic (exact) mass is 478 g/mol. The molecule has 1 aliphatic carbocycles. The maximum atomic E-state index is 13.3. The molecule has 0 bridgehead atoms. The number of nitrogens with zero attached hydrogens (tertiary/aromatic N) is 3. The number of carbonyl (C=O) groups excluding carboxylic acids is 2. The highest BCUT2D eigenvalue weighted by atomic mass is 32.2. The number of nitrogens with one attached hydrogen (secondary N) is 3. The molecule has 0 spiro atoms. The van der Waals surface area contributed by atoms with Crippen molar-refractivity contribution >= 4 is 45.8 Å².